The van der Waals surface area contributed by atoms with Gasteiger partial charge in [0.2, 0.25) is 0 Å². The summed E-state index contributed by atoms with van der Waals surface area (Å²) in [7, 11) is 3.23. The standard InChI is InChI=1S/C30H31FN2O4/c1-4-19(14-15-36-3)18-33-29(34)23-7-5-6-21(16-23)22-10-13-26-25(17-22)27(30(35)32-2)28(37-26)20-8-11-24(31)12-9-20/h5-13,16-17,19H,4,14-15,18H2,1-3H3,(H,32,35)(H,33,34). The maximum atomic E-state index is 13.5. The Kier molecular flexibility index (Phi) is 8.36. The van der Waals surface area contributed by atoms with Gasteiger partial charge in [-0.1, -0.05) is 31.5 Å². The molecule has 0 aliphatic heterocycles. The van der Waals surface area contributed by atoms with Crippen LogP contribution in [0.4, 0.5) is 4.39 Å². The van der Waals surface area contributed by atoms with E-state index in [1.807, 2.05) is 30.3 Å². The summed E-state index contributed by atoms with van der Waals surface area (Å²) in [5, 5.41) is 6.34. The highest BCUT2D eigenvalue weighted by Crippen LogP contribution is 2.36. The van der Waals surface area contributed by atoms with Gasteiger partial charge in [-0.25, -0.2) is 4.39 Å². The highest BCUT2D eigenvalue weighted by atomic mass is 19.1. The van der Waals surface area contributed by atoms with Crippen LogP contribution in [0.1, 0.15) is 40.5 Å². The van der Waals surface area contributed by atoms with Crippen LogP contribution >= 0.6 is 0 Å². The lowest BCUT2D eigenvalue weighted by atomic mass is 9.98. The number of carbonyl (C=O) groups is 2. The molecule has 0 saturated carbocycles. The third-order valence-electron chi connectivity index (χ3n) is 6.57. The number of hydrogen-bond donors (Lipinski definition) is 2. The number of hydrogen-bond acceptors (Lipinski definition) is 4. The summed E-state index contributed by atoms with van der Waals surface area (Å²) >= 11 is 0. The minimum Gasteiger partial charge on any atom is -0.455 e. The van der Waals surface area contributed by atoms with Crippen LogP contribution in [0.15, 0.2) is 71.1 Å². The lowest BCUT2D eigenvalue weighted by Crippen LogP contribution is -2.29. The van der Waals surface area contributed by atoms with Crippen LogP contribution in [-0.2, 0) is 4.74 Å². The van der Waals surface area contributed by atoms with E-state index in [2.05, 4.69) is 17.6 Å². The molecule has 0 aliphatic carbocycles. The smallest absolute Gasteiger partial charge is 0.255 e. The Bertz CT molecular complexity index is 1390. The second kappa shape index (κ2) is 11.8. The molecule has 4 aromatic rings. The number of amides is 2. The summed E-state index contributed by atoms with van der Waals surface area (Å²) < 4.78 is 24.7. The van der Waals surface area contributed by atoms with E-state index in [0.29, 0.717) is 52.5 Å². The average Bonchev–Trinajstić information content (AvgIpc) is 3.32. The highest BCUT2D eigenvalue weighted by Gasteiger charge is 2.22. The number of furan rings is 1. The summed E-state index contributed by atoms with van der Waals surface area (Å²) in [5.41, 5.74) is 3.76. The van der Waals surface area contributed by atoms with Crippen molar-refractivity contribution >= 4 is 22.8 Å². The number of methoxy groups -OCH3 is 1. The molecular formula is C30H31FN2O4. The minimum atomic E-state index is -0.368. The molecule has 6 nitrogen and oxygen atoms in total. The molecular weight excluding hydrogens is 471 g/mol. The first-order valence-electron chi connectivity index (χ1n) is 12.4. The van der Waals surface area contributed by atoms with Gasteiger partial charge in [-0.15, -0.1) is 0 Å². The van der Waals surface area contributed by atoms with E-state index in [1.54, 1.807) is 38.4 Å². The Hall–Kier alpha value is -3.97. The second-order valence-electron chi connectivity index (χ2n) is 8.95. The van der Waals surface area contributed by atoms with Crippen molar-refractivity contribution in [1.82, 2.24) is 10.6 Å². The maximum Gasteiger partial charge on any atom is 0.255 e. The van der Waals surface area contributed by atoms with Crippen molar-refractivity contribution in [2.75, 3.05) is 27.3 Å². The Balaban J connectivity index is 1.65. The molecule has 0 spiro atoms. The zero-order valence-electron chi connectivity index (χ0n) is 21.3. The molecule has 3 aromatic carbocycles. The Labute approximate surface area is 215 Å². The van der Waals surface area contributed by atoms with Crippen LogP contribution < -0.4 is 10.6 Å². The monoisotopic (exact) mass is 502 g/mol. The molecule has 1 atom stereocenters. The number of halogens is 1. The number of benzene rings is 3. The van der Waals surface area contributed by atoms with Crippen LogP contribution in [0.25, 0.3) is 33.4 Å². The molecule has 7 heteroatoms. The van der Waals surface area contributed by atoms with Crippen molar-refractivity contribution in [2.45, 2.75) is 19.8 Å². The van der Waals surface area contributed by atoms with Gasteiger partial charge in [0.05, 0.1) is 5.56 Å². The van der Waals surface area contributed by atoms with E-state index < -0.39 is 0 Å². The van der Waals surface area contributed by atoms with Crippen molar-refractivity contribution in [1.29, 1.82) is 0 Å². The minimum absolute atomic E-state index is 0.133. The molecule has 1 unspecified atom stereocenters. The second-order valence-corrected chi connectivity index (χ2v) is 8.95. The first-order valence-corrected chi connectivity index (χ1v) is 12.4. The molecule has 1 aromatic heterocycles. The number of ether oxygens (including phenoxy) is 1. The zero-order valence-corrected chi connectivity index (χ0v) is 21.3. The first-order chi connectivity index (χ1) is 17.9. The lowest BCUT2D eigenvalue weighted by Gasteiger charge is -2.15. The van der Waals surface area contributed by atoms with Crippen molar-refractivity contribution in [3.8, 4) is 22.5 Å². The molecule has 2 N–H and O–H groups in total. The summed E-state index contributed by atoms with van der Waals surface area (Å²) in [6, 6.07) is 18.8. The van der Waals surface area contributed by atoms with E-state index in [1.165, 1.54) is 12.1 Å². The molecule has 0 radical (unpaired) electrons. The molecule has 192 valence electrons. The summed E-state index contributed by atoms with van der Waals surface area (Å²) in [6.07, 6.45) is 1.85. The summed E-state index contributed by atoms with van der Waals surface area (Å²) in [4.78, 5) is 25.7. The molecule has 0 aliphatic rings. The predicted molar refractivity (Wildman–Crippen MR) is 143 cm³/mol. The van der Waals surface area contributed by atoms with Crippen molar-refractivity contribution < 1.29 is 23.1 Å². The maximum absolute atomic E-state index is 13.5. The third-order valence-corrected chi connectivity index (χ3v) is 6.57. The molecule has 0 fully saturated rings. The molecule has 4 rings (SSSR count). The predicted octanol–water partition coefficient (Wildman–Crippen LogP) is 6.06. The van der Waals surface area contributed by atoms with Gasteiger partial charge in [-0.2, -0.15) is 0 Å². The Morgan fingerprint density at radius 3 is 2.41 bits per heavy atom. The van der Waals surface area contributed by atoms with E-state index in [-0.39, 0.29) is 17.6 Å². The van der Waals surface area contributed by atoms with Crippen LogP contribution in [0, 0.1) is 11.7 Å². The number of rotatable bonds is 10. The fraction of sp³-hybridized carbons (Fsp3) is 0.267. The summed E-state index contributed by atoms with van der Waals surface area (Å²) in [5.74, 6) is -0.0746. The Morgan fingerprint density at radius 1 is 0.973 bits per heavy atom. The van der Waals surface area contributed by atoms with E-state index in [4.69, 9.17) is 9.15 Å². The molecule has 0 saturated heterocycles. The van der Waals surface area contributed by atoms with E-state index >= 15 is 0 Å². The van der Waals surface area contributed by atoms with Gasteiger partial charge in [-0.3, -0.25) is 9.59 Å². The van der Waals surface area contributed by atoms with Crippen molar-refractivity contribution in [3.05, 3.63) is 83.7 Å². The molecule has 37 heavy (non-hydrogen) atoms. The number of nitrogens with one attached hydrogen (secondary N) is 2. The van der Waals surface area contributed by atoms with Gasteiger partial charge in [0.1, 0.15) is 17.2 Å². The highest BCUT2D eigenvalue weighted by molar-refractivity contribution is 6.11. The molecule has 1 heterocycles. The van der Waals surface area contributed by atoms with Crippen LogP contribution in [0.2, 0.25) is 0 Å². The van der Waals surface area contributed by atoms with Crippen LogP contribution in [0.5, 0.6) is 0 Å². The van der Waals surface area contributed by atoms with Gasteiger partial charge in [0, 0.05) is 43.8 Å². The normalized spacial score (nSPS) is 11.9. The van der Waals surface area contributed by atoms with Crippen LogP contribution in [-0.4, -0.2) is 39.1 Å². The van der Waals surface area contributed by atoms with Crippen molar-refractivity contribution in [2.24, 2.45) is 5.92 Å². The molecule has 2 amide bonds. The number of fused-ring (bicyclic) bond motifs is 1. The van der Waals surface area contributed by atoms with Crippen LogP contribution in [0.3, 0.4) is 0 Å². The lowest BCUT2D eigenvalue weighted by molar-refractivity contribution is 0.0939. The van der Waals surface area contributed by atoms with E-state index in [0.717, 1.165) is 24.0 Å². The van der Waals surface area contributed by atoms with Gasteiger partial charge >= 0.3 is 0 Å². The molecule has 0 bridgehead atoms. The van der Waals surface area contributed by atoms with Gasteiger partial charge in [0.25, 0.3) is 11.8 Å². The average molecular weight is 503 g/mol. The fourth-order valence-electron chi connectivity index (χ4n) is 4.35. The quantitative estimate of drug-likeness (QED) is 0.276. The van der Waals surface area contributed by atoms with Crippen molar-refractivity contribution in [3.63, 3.8) is 0 Å². The largest absolute Gasteiger partial charge is 0.455 e. The fourth-order valence-corrected chi connectivity index (χ4v) is 4.35. The summed E-state index contributed by atoms with van der Waals surface area (Å²) in [6.45, 7) is 3.36. The number of carbonyl (C=O) groups excluding carboxylic acids is 2. The Morgan fingerprint density at radius 2 is 1.70 bits per heavy atom. The SMILES string of the molecule is CCC(CCOC)CNC(=O)c1cccc(-c2ccc3oc(-c4ccc(F)cc4)c(C(=O)NC)c3c2)c1. The van der Waals surface area contributed by atoms with Gasteiger partial charge in [-0.05, 0) is 72.0 Å². The zero-order chi connectivity index (χ0) is 26.4. The van der Waals surface area contributed by atoms with Gasteiger partial charge < -0.3 is 19.8 Å². The topological polar surface area (TPSA) is 80.6 Å². The van der Waals surface area contributed by atoms with Gasteiger partial charge in [0.15, 0.2) is 0 Å². The van der Waals surface area contributed by atoms with E-state index in [9.17, 15) is 14.0 Å². The first kappa shape index (κ1) is 26.1. The third kappa shape index (κ3) is 5.89.